The minimum atomic E-state index is -0.714. The monoisotopic (exact) mass is 190 g/mol. The van der Waals surface area contributed by atoms with Crippen molar-refractivity contribution < 1.29 is 5.11 Å². The molecule has 2 rings (SSSR count). The summed E-state index contributed by atoms with van der Waals surface area (Å²) in [6.45, 7) is 3.56. The number of fused-ring (bicyclic) bond motifs is 1. The highest BCUT2D eigenvalue weighted by Crippen LogP contribution is 2.14. The zero-order chi connectivity index (χ0) is 10.2. The first kappa shape index (κ1) is 9.21. The van der Waals surface area contributed by atoms with E-state index in [0.717, 1.165) is 16.9 Å². The number of aromatic amines is 1. The molecule has 2 aromatic rings. The summed E-state index contributed by atoms with van der Waals surface area (Å²) in [5.74, 6) is 0.832. The van der Waals surface area contributed by atoms with Gasteiger partial charge in [-0.1, -0.05) is 12.1 Å². The lowest BCUT2D eigenvalue weighted by atomic mass is 10.1. The van der Waals surface area contributed by atoms with Crippen LogP contribution in [0.15, 0.2) is 24.3 Å². The fourth-order valence-electron chi connectivity index (χ4n) is 1.50. The summed E-state index contributed by atoms with van der Waals surface area (Å²) in [6, 6.07) is 7.86. The summed E-state index contributed by atoms with van der Waals surface area (Å²) in [5.41, 5.74) is 1.26. The minimum absolute atomic E-state index is 0.543. The van der Waals surface area contributed by atoms with E-state index < -0.39 is 5.60 Å². The van der Waals surface area contributed by atoms with Crippen LogP contribution in [0.3, 0.4) is 0 Å². The van der Waals surface area contributed by atoms with Crippen LogP contribution in [0.25, 0.3) is 11.0 Å². The number of benzene rings is 1. The Morgan fingerprint density at radius 1 is 1.36 bits per heavy atom. The zero-order valence-corrected chi connectivity index (χ0v) is 8.41. The summed E-state index contributed by atoms with van der Waals surface area (Å²) in [4.78, 5) is 7.56. The molecule has 0 atom stereocenters. The van der Waals surface area contributed by atoms with Gasteiger partial charge >= 0.3 is 0 Å². The highest BCUT2D eigenvalue weighted by Gasteiger charge is 2.15. The lowest BCUT2D eigenvalue weighted by Gasteiger charge is -2.14. The molecule has 0 spiro atoms. The molecule has 74 valence electrons. The van der Waals surface area contributed by atoms with Crippen molar-refractivity contribution in [1.29, 1.82) is 0 Å². The first-order valence-electron chi connectivity index (χ1n) is 4.71. The largest absolute Gasteiger partial charge is 0.390 e. The summed E-state index contributed by atoms with van der Waals surface area (Å²) in [5, 5.41) is 9.64. The Hall–Kier alpha value is -1.35. The van der Waals surface area contributed by atoms with Crippen LogP contribution in [-0.2, 0) is 6.42 Å². The highest BCUT2D eigenvalue weighted by molar-refractivity contribution is 5.74. The van der Waals surface area contributed by atoms with Gasteiger partial charge in [0.2, 0.25) is 0 Å². The van der Waals surface area contributed by atoms with E-state index in [0.29, 0.717) is 6.42 Å². The third kappa shape index (κ3) is 1.93. The predicted octanol–water partition coefficient (Wildman–Crippen LogP) is 1.88. The number of hydrogen-bond donors (Lipinski definition) is 2. The van der Waals surface area contributed by atoms with Gasteiger partial charge in [-0.15, -0.1) is 0 Å². The highest BCUT2D eigenvalue weighted by atomic mass is 16.3. The standard InChI is InChI=1S/C11H14N2O/c1-11(2,14)7-10-12-8-5-3-4-6-9(8)13-10/h3-6,14H,7H2,1-2H3,(H,12,13). The number of imidazole rings is 1. The van der Waals surface area contributed by atoms with Crippen molar-refractivity contribution in [2.75, 3.05) is 0 Å². The van der Waals surface area contributed by atoms with Gasteiger partial charge in [0.05, 0.1) is 16.6 Å². The average Bonchev–Trinajstić information content (AvgIpc) is 2.42. The second-order valence-electron chi connectivity index (χ2n) is 4.19. The summed E-state index contributed by atoms with van der Waals surface area (Å²) in [7, 11) is 0. The molecular weight excluding hydrogens is 176 g/mol. The molecule has 1 heterocycles. The fraction of sp³-hybridized carbons (Fsp3) is 0.364. The van der Waals surface area contributed by atoms with Gasteiger partial charge in [-0.05, 0) is 26.0 Å². The topological polar surface area (TPSA) is 48.9 Å². The Kier molecular flexibility index (Phi) is 2.04. The minimum Gasteiger partial charge on any atom is -0.390 e. The zero-order valence-electron chi connectivity index (χ0n) is 8.41. The van der Waals surface area contributed by atoms with Gasteiger partial charge < -0.3 is 10.1 Å². The van der Waals surface area contributed by atoms with Gasteiger partial charge in [-0.25, -0.2) is 4.98 Å². The van der Waals surface area contributed by atoms with Crippen molar-refractivity contribution in [3.05, 3.63) is 30.1 Å². The Labute approximate surface area is 82.8 Å². The van der Waals surface area contributed by atoms with Crippen molar-refractivity contribution in [3.8, 4) is 0 Å². The molecule has 0 radical (unpaired) electrons. The Balaban J connectivity index is 2.36. The van der Waals surface area contributed by atoms with Crippen molar-refractivity contribution in [3.63, 3.8) is 0 Å². The van der Waals surface area contributed by atoms with Crippen LogP contribution in [0.2, 0.25) is 0 Å². The smallest absolute Gasteiger partial charge is 0.110 e. The first-order chi connectivity index (χ1) is 6.54. The van der Waals surface area contributed by atoms with E-state index in [1.54, 1.807) is 13.8 Å². The van der Waals surface area contributed by atoms with Crippen LogP contribution in [0, 0.1) is 0 Å². The molecule has 0 bridgehead atoms. The van der Waals surface area contributed by atoms with Gasteiger partial charge in [0.1, 0.15) is 5.82 Å². The second-order valence-corrected chi connectivity index (χ2v) is 4.19. The lowest BCUT2D eigenvalue weighted by molar-refractivity contribution is 0.0791. The quantitative estimate of drug-likeness (QED) is 0.759. The molecule has 2 N–H and O–H groups in total. The number of nitrogens with one attached hydrogen (secondary N) is 1. The normalized spacial score (nSPS) is 12.2. The molecule has 0 amide bonds. The van der Waals surface area contributed by atoms with E-state index in [1.807, 2.05) is 24.3 Å². The molecule has 3 heteroatoms. The number of aliphatic hydroxyl groups is 1. The average molecular weight is 190 g/mol. The maximum Gasteiger partial charge on any atom is 0.110 e. The van der Waals surface area contributed by atoms with Gasteiger partial charge in [0.15, 0.2) is 0 Å². The fourth-order valence-corrected chi connectivity index (χ4v) is 1.50. The number of rotatable bonds is 2. The molecule has 1 aromatic heterocycles. The molecule has 0 fully saturated rings. The van der Waals surface area contributed by atoms with E-state index in [2.05, 4.69) is 9.97 Å². The van der Waals surface area contributed by atoms with E-state index in [9.17, 15) is 5.11 Å². The molecule has 0 aliphatic rings. The summed E-state index contributed by atoms with van der Waals surface area (Å²) < 4.78 is 0. The Morgan fingerprint density at radius 3 is 2.71 bits per heavy atom. The van der Waals surface area contributed by atoms with E-state index in [-0.39, 0.29) is 0 Å². The second kappa shape index (κ2) is 3.10. The van der Waals surface area contributed by atoms with Crippen molar-refractivity contribution in [1.82, 2.24) is 9.97 Å². The number of aromatic nitrogens is 2. The Morgan fingerprint density at radius 2 is 2.07 bits per heavy atom. The van der Waals surface area contributed by atoms with Crippen LogP contribution in [0.1, 0.15) is 19.7 Å². The van der Waals surface area contributed by atoms with Gasteiger partial charge in [-0.2, -0.15) is 0 Å². The van der Waals surface area contributed by atoms with Crippen LogP contribution in [0.5, 0.6) is 0 Å². The van der Waals surface area contributed by atoms with Gasteiger partial charge in [0, 0.05) is 6.42 Å². The number of H-pyrrole nitrogens is 1. The molecule has 0 saturated heterocycles. The predicted molar refractivity (Wildman–Crippen MR) is 56.1 cm³/mol. The molecule has 0 aliphatic carbocycles. The summed E-state index contributed by atoms with van der Waals surface area (Å²) in [6.07, 6.45) is 0.543. The van der Waals surface area contributed by atoms with Crippen molar-refractivity contribution in [2.45, 2.75) is 25.9 Å². The van der Waals surface area contributed by atoms with Crippen molar-refractivity contribution >= 4 is 11.0 Å². The lowest BCUT2D eigenvalue weighted by Crippen LogP contribution is -2.22. The van der Waals surface area contributed by atoms with Gasteiger partial charge in [0.25, 0.3) is 0 Å². The maximum atomic E-state index is 9.64. The molecule has 3 nitrogen and oxygen atoms in total. The van der Waals surface area contributed by atoms with E-state index >= 15 is 0 Å². The van der Waals surface area contributed by atoms with E-state index in [4.69, 9.17) is 0 Å². The molecule has 0 unspecified atom stereocenters. The van der Waals surface area contributed by atoms with Crippen LogP contribution in [-0.4, -0.2) is 20.7 Å². The van der Waals surface area contributed by atoms with Crippen LogP contribution < -0.4 is 0 Å². The molecule has 0 aliphatic heterocycles. The molecule has 1 aromatic carbocycles. The van der Waals surface area contributed by atoms with Gasteiger partial charge in [-0.3, -0.25) is 0 Å². The third-order valence-corrected chi connectivity index (χ3v) is 2.04. The van der Waals surface area contributed by atoms with Crippen molar-refractivity contribution in [2.24, 2.45) is 0 Å². The molecular formula is C11H14N2O. The SMILES string of the molecule is CC(C)(O)Cc1nc2ccccc2[nH]1. The number of nitrogens with zero attached hydrogens (tertiary/aromatic N) is 1. The summed E-state index contributed by atoms with van der Waals surface area (Å²) >= 11 is 0. The third-order valence-electron chi connectivity index (χ3n) is 2.04. The Bertz CT molecular complexity index is 407. The number of para-hydroxylation sites is 2. The van der Waals surface area contributed by atoms with E-state index in [1.165, 1.54) is 0 Å². The van der Waals surface area contributed by atoms with Crippen LogP contribution in [0.4, 0.5) is 0 Å². The number of hydrogen-bond acceptors (Lipinski definition) is 2. The first-order valence-corrected chi connectivity index (χ1v) is 4.71. The maximum absolute atomic E-state index is 9.64. The van der Waals surface area contributed by atoms with Crippen LogP contribution >= 0.6 is 0 Å². The molecule has 14 heavy (non-hydrogen) atoms. The molecule has 0 saturated carbocycles.